The lowest BCUT2D eigenvalue weighted by molar-refractivity contribution is 0.593. The summed E-state index contributed by atoms with van der Waals surface area (Å²) >= 11 is 0. The molecule has 0 unspecified atom stereocenters. The van der Waals surface area contributed by atoms with E-state index in [2.05, 4.69) is 33.8 Å². The summed E-state index contributed by atoms with van der Waals surface area (Å²) < 4.78 is 0. The molecule has 0 heterocycles. The van der Waals surface area contributed by atoms with E-state index in [4.69, 9.17) is 0 Å². The fraction of sp³-hybridized carbons (Fsp3) is 0.778. The predicted octanol–water partition coefficient (Wildman–Crippen LogP) is 3.81. The highest BCUT2D eigenvalue weighted by Crippen LogP contribution is 2.05. The topological polar surface area (TPSA) is 0 Å². The summed E-state index contributed by atoms with van der Waals surface area (Å²) in [6.07, 6.45) is 4.88. The van der Waals surface area contributed by atoms with Gasteiger partial charge in [-0.25, -0.2) is 0 Å². The zero-order chi connectivity index (χ0) is 7.28. The maximum Gasteiger partial charge on any atom is -0.0346 e. The molecule has 0 aliphatic rings. The van der Waals surface area contributed by atoms with Gasteiger partial charge in [0.25, 0.3) is 0 Å². The van der Waals surface area contributed by atoms with Crippen molar-refractivity contribution in [1.82, 2.24) is 0 Å². The largest absolute Gasteiger partial charge is 0.147 e. The van der Waals surface area contributed by atoms with Gasteiger partial charge in [-0.3, -0.25) is 0 Å². The molecule has 0 amide bonds. The van der Waals surface area contributed by atoms with E-state index in [1.165, 1.54) is 18.4 Å². The molecule has 0 aliphatic heterocycles. The van der Waals surface area contributed by atoms with Crippen molar-refractivity contribution in [2.24, 2.45) is 5.92 Å². The molecule has 0 fully saturated rings. The second-order valence-electron chi connectivity index (χ2n) is 3.25. The van der Waals surface area contributed by atoms with E-state index < -0.39 is 0 Å². The molecule has 0 aromatic rings. The Hall–Kier alpha value is 0.0300. The second-order valence-corrected chi connectivity index (χ2v) is 3.25. The monoisotopic (exact) mass is 162 g/mol. The number of rotatable bonds is 3. The van der Waals surface area contributed by atoms with Gasteiger partial charge in [0.05, 0.1) is 0 Å². The first-order valence-corrected chi connectivity index (χ1v) is 3.76. The molecule has 0 aromatic carbocycles. The van der Waals surface area contributed by atoms with Crippen LogP contribution in [0.2, 0.25) is 0 Å². The van der Waals surface area contributed by atoms with E-state index in [1.807, 2.05) is 0 Å². The summed E-state index contributed by atoms with van der Waals surface area (Å²) in [4.78, 5) is 0. The molecule has 0 atom stereocenters. The Balaban J connectivity index is 0. The van der Waals surface area contributed by atoms with Crippen molar-refractivity contribution in [3.05, 3.63) is 11.6 Å². The van der Waals surface area contributed by atoms with Gasteiger partial charge in [-0.2, -0.15) is 0 Å². The van der Waals surface area contributed by atoms with Crippen LogP contribution < -0.4 is 0 Å². The quantitative estimate of drug-likeness (QED) is 0.554. The van der Waals surface area contributed by atoms with Crippen molar-refractivity contribution in [2.75, 3.05) is 0 Å². The Morgan fingerprint density at radius 2 is 1.80 bits per heavy atom. The summed E-state index contributed by atoms with van der Waals surface area (Å²) in [5.74, 6) is 0.848. The van der Waals surface area contributed by atoms with Crippen molar-refractivity contribution in [1.29, 1.82) is 0 Å². The van der Waals surface area contributed by atoms with Crippen molar-refractivity contribution in [2.45, 2.75) is 40.5 Å². The first-order chi connectivity index (χ1) is 4.13. The minimum atomic E-state index is 0. The second kappa shape index (κ2) is 7.14. The van der Waals surface area contributed by atoms with Gasteiger partial charge in [-0.1, -0.05) is 25.5 Å². The maximum atomic E-state index is 2.31. The molecule has 0 aromatic heterocycles. The van der Waals surface area contributed by atoms with E-state index in [-0.39, 0.29) is 12.4 Å². The van der Waals surface area contributed by atoms with Crippen LogP contribution in [0.4, 0.5) is 0 Å². The first kappa shape index (κ1) is 12.7. The highest BCUT2D eigenvalue weighted by Gasteiger charge is 1.89. The number of hydrogen-bond acceptors (Lipinski definition) is 0. The van der Waals surface area contributed by atoms with Crippen LogP contribution in [0.5, 0.6) is 0 Å². The molecule has 0 nitrogen and oxygen atoms in total. The minimum Gasteiger partial charge on any atom is -0.147 e. The summed E-state index contributed by atoms with van der Waals surface area (Å²) in [6, 6.07) is 0. The van der Waals surface area contributed by atoms with Crippen LogP contribution in [-0.2, 0) is 0 Å². The summed E-state index contributed by atoms with van der Waals surface area (Å²) in [5, 5.41) is 0. The van der Waals surface area contributed by atoms with Crippen molar-refractivity contribution >= 4 is 12.4 Å². The van der Waals surface area contributed by atoms with Gasteiger partial charge in [0.2, 0.25) is 0 Å². The highest BCUT2D eigenvalue weighted by atomic mass is 35.5. The molecule has 0 bridgehead atoms. The summed E-state index contributed by atoms with van der Waals surface area (Å²) in [5.41, 5.74) is 1.44. The maximum absolute atomic E-state index is 2.31. The molecule has 0 aliphatic carbocycles. The third-order valence-corrected chi connectivity index (χ3v) is 1.30. The lowest BCUT2D eigenvalue weighted by Gasteiger charge is -1.99. The zero-order valence-corrected chi connectivity index (χ0v) is 8.29. The molecule has 0 saturated heterocycles. The van der Waals surface area contributed by atoms with Crippen molar-refractivity contribution in [3.63, 3.8) is 0 Å². The molecule has 1 heteroatoms. The van der Waals surface area contributed by atoms with Gasteiger partial charge in [0.1, 0.15) is 0 Å². The van der Waals surface area contributed by atoms with E-state index in [9.17, 15) is 0 Å². The van der Waals surface area contributed by atoms with Crippen LogP contribution >= 0.6 is 12.4 Å². The predicted molar refractivity (Wildman–Crippen MR) is 50.8 cm³/mol. The standard InChI is InChI=1S/C9H18.ClH/c1-8(2)6-5-7-9(3)4;/h6,9H,5,7H2,1-4H3;1H. The van der Waals surface area contributed by atoms with Crippen LogP contribution in [0, 0.1) is 5.92 Å². The van der Waals surface area contributed by atoms with Gasteiger partial charge < -0.3 is 0 Å². The average molecular weight is 163 g/mol. The van der Waals surface area contributed by atoms with Crippen LogP contribution in [0.1, 0.15) is 40.5 Å². The molecular weight excluding hydrogens is 144 g/mol. The van der Waals surface area contributed by atoms with E-state index in [0.717, 1.165) is 5.92 Å². The van der Waals surface area contributed by atoms with Crippen molar-refractivity contribution in [3.8, 4) is 0 Å². The third-order valence-electron chi connectivity index (χ3n) is 1.30. The number of allylic oxidation sites excluding steroid dienone is 2. The number of halogens is 1. The normalized spacial score (nSPS) is 8.90. The Morgan fingerprint density at radius 1 is 1.30 bits per heavy atom. The summed E-state index contributed by atoms with van der Waals surface area (Å²) in [7, 11) is 0. The molecule has 0 saturated carbocycles. The Labute approximate surface area is 71.1 Å². The van der Waals surface area contributed by atoms with Gasteiger partial charge >= 0.3 is 0 Å². The molecule has 0 N–H and O–H groups in total. The van der Waals surface area contributed by atoms with Crippen LogP contribution in [-0.4, -0.2) is 0 Å². The smallest absolute Gasteiger partial charge is 0.0346 e. The van der Waals surface area contributed by atoms with Gasteiger partial charge in [0.15, 0.2) is 0 Å². The highest BCUT2D eigenvalue weighted by molar-refractivity contribution is 5.85. The van der Waals surface area contributed by atoms with Crippen LogP contribution in [0.15, 0.2) is 11.6 Å². The SMILES string of the molecule is CC(C)=CCCC(C)C.Cl. The van der Waals surface area contributed by atoms with E-state index >= 15 is 0 Å². The van der Waals surface area contributed by atoms with E-state index in [0.29, 0.717) is 0 Å². The third kappa shape index (κ3) is 10.9. The zero-order valence-electron chi connectivity index (χ0n) is 7.48. The minimum absolute atomic E-state index is 0. The lowest BCUT2D eigenvalue weighted by Crippen LogP contribution is -1.83. The van der Waals surface area contributed by atoms with E-state index in [1.54, 1.807) is 0 Å². The Bertz CT molecular complexity index is 88.9. The Kier molecular flexibility index (Phi) is 9.06. The molecule has 0 spiro atoms. The molecule has 0 radical (unpaired) electrons. The van der Waals surface area contributed by atoms with Crippen LogP contribution in [0.25, 0.3) is 0 Å². The Morgan fingerprint density at radius 3 is 2.10 bits per heavy atom. The molecule has 0 rings (SSSR count). The molecular formula is C9H19Cl. The molecule has 10 heavy (non-hydrogen) atoms. The average Bonchev–Trinajstić information content (AvgIpc) is 1.63. The number of hydrogen-bond donors (Lipinski definition) is 0. The van der Waals surface area contributed by atoms with Crippen molar-refractivity contribution < 1.29 is 0 Å². The first-order valence-electron chi connectivity index (χ1n) is 3.76. The van der Waals surface area contributed by atoms with Gasteiger partial charge in [-0.15, -0.1) is 12.4 Å². The van der Waals surface area contributed by atoms with Crippen LogP contribution in [0.3, 0.4) is 0 Å². The summed E-state index contributed by atoms with van der Waals surface area (Å²) in [6.45, 7) is 8.83. The van der Waals surface area contributed by atoms with Gasteiger partial charge in [-0.05, 0) is 32.6 Å². The molecule has 62 valence electrons. The lowest BCUT2D eigenvalue weighted by atomic mass is 10.1. The fourth-order valence-corrected chi connectivity index (χ4v) is 0.705. The fourth-order valence-electron chi connectivity index (χ4n) is 0.705. The van der Waals surface area contributed by atoms with Gasteiger partial charge in [0, 0.05) is 0 Å².